The maximum absolute atomic E-state index is 4.50. The average molecular weight is 271 g/mol. The lowest BCUT2D eigenvalue weighted by molar-refractivity contribution is 0.474. The number of aryl methyl sites for hydroxylation is 2. The quantitative estimate of drug-likeness (QED) is 0.904. The van der Waals surface area contributed by atoms with Crippen LogP contribution in [0.15, 0.2) is 30.3 Å². The van der Waals surface area contributed by atoms with E-state index in [9.17, 15) is 0 Å². The SMILES string of the molecule is Cc1nn(C)c(C)c1C(C)NC(C)Cc1ccccc1. The van der Waals surface area contributed by atoms with Crippen molar-refractivity contribution < 1.29 is 0 Å². The van der Waals surface area contributed by atoms with Crippen LogP contribution in [0.3, 0.4) is 0 Å². The van der Waals surface area contributed by atoms with Gasteiger partial charge < -0.3 is 5.32 Å². The van der Waals surface area contributed by atoms with E-state index in [1.807, 2.05) is 11.7 Å². The zero-order valence-electron chi connectivity index (χ0n) is 13.1. The van der Waals surface area contributed by atoms with Gasteiger partial charge in [0.1, 0.15) is 0 Å². The van der Waals surface area contributed by atoms with Gasteiger partial charge in [-0.05, 0) is 39.7 Å². The monoisotopic (exact) mass is 271 g/mol. The summed E-state index contributed by atoms with van der Waals surface area (Å²) in [6.07, 6.45) is 1.05. The minimum Gasteiger partial charge on any atom is -0.307 e. The lowest BCUT2D eigenvalue weighted by atomic mass is 10.0. The van der Waals surface area contributed by atoms with Gasteiger partial charge in [0.2, 0.25) is 0 Å². The smallest absolute Gasteiger partial charge is 0.0644 e. The van der Waals surface area contributed by atoms with Crippen molar-refractivity contribution >= 4 is 0 Å². The van der Waals surface area contributed by atoms with Crippen LogP contribution in [0, 0.1) is 13.8 Å². The lowest BCUT2D eigenvalue weighted by Crippen LogP contribution is -2.31. The lowest BCUT2D eigenvalue weighted by Gasteiger charge is -2.21. The predicted octanol–water partition coefficient (Wildman–Crippen LogP) is 3.32. The molecule has 0 saturated carbocycles. The fourth-order valence-corrected chi connectivity index (χ4v) is 2.95. The number of nitrogens with zero attached hydrogens (tertiary/aromatic N) is 2. The molecule has 2 unspecified atom stereocenters. The van der Waals surface area contributed by atoms with Gasteiger partial charge in [0.15, 0.2) is 0 Å². The summed E-state index contributed by atoms with van der Waals surface area (Å²) >= 11 is 0. The number of hydrogen-bond acceptors (Lipinski definition) is 2. The molecule has 1 N–H and O–H groups in total. The van der Waals surface area contributed by atoms with Crippen LogP contribution >= 0.6 is 0 Å². The molecule has 1 heterocycles. The summed E-state index contributed by atoms with van der Waals surface area (Å²) in [5.74, 6) is 0. The zero-order valence-corrected chi connectivity index (χ0v) is 13.1. The van der Waals surface area contributed by atoms with Crippen LogP contribution in [-0.2, 0) is 13.5 Å². The number of aromatic nitrogens is 2. The first-order valence-corrected chi connectivity index (χ1v) is 7.29. The summed E-state index contributed by atoms with van der Waals surface area (Å²) in [6.45, 7) is 8.68. The molecule has 0 bridgehead atoms. The van der Waals surface area contributed by atoms with Crippen LogP contribution in [0.4, 0.5) is 0 Å². The van der Waals surface area contributed by atoms with Gasteiger partial charge in [-0.25, -0.2) is 0 Å². The van der Waals surface area contributed by atoms with Crippen LogP contribution in [0.25, 0.3) is 0 Å². The second-order valence-electron chi connectivity index (χ2n) is 5.69. The summed E-state index contributed by atoms with van der Waals surface area (Å²) in [6, 6.07) is 11.4. The Kier molecular flexibility index (Phi) is 4.61. The van der Waals surface area contributed by atoms with Crippen molar-refractivity contribution in [2.24, 2.45) is 7.05 Å². The summed E-state index contributed by atoms with van der Waals surface area (Å²) < 4.78 is 1.96. The first-order valence-electron chi connectivity index (χ1n) is 7.29. The molecule has 2 aromatic rings. The van der Waals surface area contributed by atoms with Crippen molar-refractivity contribution in [1.29, 1.82) is 0 Å². The summed E-state index contributed by atoms with van der Waals surface area (Å²) in [5, 5.41) is 8.19. The topological polar surface area (TPSA) is 29.9 Å². The Bertz CT molecular complexity index is 557. The standard InChI is InChI=1S/C17H25N3/c1-12(11-16-9-7-6-8-10-16)18-13(2)17-14(3)19-20(5)15(17)4/h6-10,12-13,18H,11H2,1-5H3. The third-order valence-corrected chi connectivity index (χ3v) is 3.92. The number of rotatable bonds is 5. The van der Waals surface area contributed by atoms with Crippen LogP contribution in [0.2, 0.25) is 0 Å². The first-order chi connectivity index (χ1) is 9.49. The molecule has 0 aliphatic rings. The minimum absolute atomic E-state index is 0.322. The molecule has 1 aromatic heterocycles. The van der Waals surface area contributed by atoms with Gasteiger partial charge in [0, 0.05) is 30.4 Å². The fourth-order valence-electron chi connectivity index (χ4n) is 2.95. The third-order valence-electron chi connectivity index (χ3n) is 3.92. The van der Waals surface area contributed by atoms with Crippen molar-refractivity contribution in [2.45, 2.75) is 46.2 Å². The molecule has 20 heavy (non-hydrogen) atoms. The van der Waals surface area contributed by atoms with E-state index in [1.54, 1.807) is 0 Å². The summed E-state index contributed by atoms with van der Waals surface area (Å²) in [7, 11) is 2.01. The van der Waals surface area contributed by atoms with E-state index in [0.717, 1.165) is 12.1 Å². The first kappa shape index (κ1) is 14.8. The van der Waals surface area contributed by atoms with Crippen LogP contribution in [-0.4, -0.2) is 15.8 Å². The maximum Gasteiger partial charge on any atom is 0.0644 e. The Hall–Kier alpha value is -1.61. The van der Waals surface area contributed by atoms with E-state index in [1.165, 1.54) is 16.8 Å². The summed E-state index contributed by atoms with van der Waals surface area (Å²) in [5.41, 5.74) is 5.07. The number of benzene rings is 1. The molecular weight excluding hydrogens is 246 g/mol. The molecule has 0 radical (unpaired) electrons. The second kappa shape index (κ2) is 6.23. The molecule has 2 atom stereocenters. The molecule has 3 nitrogen and oxygen atoms in total. The largest absolute Gasteiger partial charge is 0.307 e. The van der Waals surface area contributed by atoms with Crippen molar-refractivity contribution in [3.05, 3.63) is 52.8 Å². The van der Waals surface area contributed by atoms with Crippen molar-refractivity contribution in [3.8, 4) is 0 Å². The van der Waals surface area contributed by atoms with E-state index >= 15 is 0 Å². The van der Waals surface area contributed by atoms with Gasteiger partial charge >= 0.3 is 0 Å². The van der Waals surface area contributed by atoms with E-state index in [4.69, 9.17) is 0 Å². The predicted molar refractivity (Wildman–Crippen MR) is 83.8 cm³/mol. The van der Waals surface area contributed by atoms with Gasteiger partial charge in [-0.1, -0.05) is 30.3 Å². The highest BCUT2D eigenvalue weighted by atomic mass is 15.3. The molecule has 108 valence electrons. The number of hydrogen-bond donors (Lipinski definition) is 1. The molecular formula is C17H25N3. The number of nitrogens with one attached hydrogen (secondary N) is 1. The molecule has 0 fully saturated rings. The van der Waals surface area contributed by atoms with Gasteiger partial charge in [-0.3, -0.25) is 4.68 Å². The molecule has 0 aliphatic carbocycles. The third kappa shape index (κ3) is 3.28. The molecule has 0 aliphatic heterocycles. The highest BCUT2D eigenvalue weighted by Crippen LogP contribution is 2.21. The highest BCUT2D eigenvalue weighted by Gasteiger charge is 2.17. The van der Waals surface area contributed by atoms with E-state index in [-0.39, 0.29) is 0 Å². The molecule has 0 saturated heterocycles. The maximum atomic E-state index is 4.50. The normalized spacial score (nSPS) is 14.2. The Labute approximate surface area is 122 Å². The van der Waals surface area contributed by atoms with Crippen LogP contribution < -0.4 is 5.32 Å². The molecule has 0 spiro atoms. The molecule has 3 heteroatoms. The Morgan fingerprint density at radius 2 is 1.80 bits per heavy atom. The Morgan fingerprint density at radius 3 is 2.35 bits per heavy atom. The van der Waals surface area contributed by atoms with Crippen LogP contribution in [0.1, 0.15) is 42.4 Å². The zero-order chi connectivity index (χ0) is 14.7. The molecule has 2 rings (SSSR count). The van der Waals surface area contributed by atoms with E-state index in [0.29, 0.717) is 12.1 Å². The highest BCUT2D eigenvalue weighted by molar-refractivity contribution is 5.27. The van der Waals surface area contributed by atoms with Gasteiger partial charge in [-0.2, -0.15) is 5.10 Å². The Balaban J connectivity index is 2.02. The summed E-state index contributed by atoms with van der Waals surface area (Å²) in [4.78, 5) is 0. The van der Waals surface area contributed by atoms with Gasteiger partial charge in [0.05, 0.1) is 5.69 Å². The molecule has 0 amide bonds. The van der Waals surface area contributed by atoms with Crippen LogP contribution in [0.5, 0.6) is 0 Å². The van der Waals surface area contributed by atoms with Crippen molar-refractivity contribution in [3.63, 3.8) is 0 Å². The van der Waals surface area contributed by atoms with Crippen molar-refractivity contribution in [2.75, 3.05) is 0 Å². The average Bonchev–Trinajstić information content (AvgIpc) is 2.64. The van der Waals surface area contributed by atoms with Crippen molar-refractivity contribution in [1.82, 2.24) is 15.1 Å². The van der Waals surface area contributed by atoms with E-state index in [2.05, 4.69) is 68.4 Å². The van der Waals surface area contributed by atoms with E-state index < -0.39 is 0 Å². The fraction of sp³-hybridized carbons (Fsp3) is 0.471. The minimum atomic E-state index is 0.322. The Morgan fingerprint density at radius 1 is 1.15 bits per heavy atom. The van der Waals surface area contributed by atoms with Gasteiger partial charge in [0.25, 0.3) is 0 Å². The second-order valence-corrected chi connectivity index (χ2v) is 5.69. The molecule has 1 aromatic carbocycles. The van der Waals surface area contributed by atoms with Gasteiger partial charge in [-0.15, -0.1) is 0 Å².